The molecule has 1 rings (SSSR count). The summed E-state index contributed by atoms with van der Waals surface area (Å²) >= 11 is 0. The van der Waals surface area contributed by atoms with Gasteiger partial charge in [0.05, 0.1) is 0 Å². The van der Waals surface area contributed by atoms with E-state index in [0.717, 1.165) is 31.8 Å². The van der Waals surface area contributed by atoms with Gasteiger partial charge in [0.2, 0.25) is 5.91 Å². The molecule has 3 nitrogen and oxygen atoms in total. The van der Waals surface area contributed by atoms with Gasteiger partial charge < -0.3 is 10.2 Å². The number of amides is 1. The number of rotatable bonds is 7. The number of nitrogens with zero attached hydrogens (tertiary/aromatic N) is 1. The van der Waals surface area contributed by atoms with E-state index >= 15 is 0 Å². The highest BCUT2D eigenvalue weighted by atomic mass is 35.5. The first-order chi connectivity index (χ1) is 8.19. The molecule has 1 unspecified atom stereocenters. The van der Waals surface area contributed by atoms with E-state index in [4.69, 9.17) is 0 Å². The Hall–Kier alpha value is -0.280. The zero-order valence-electron chi connectivity index (χ0n) is 12.1. The molecule has 1 aliphatic carbocycles. The van der Waals surface area contributed by atoms with Crippen LogP contribution in [0.15, 0.2) is 0 Å². The van der Waals surface area contributed by atoms with E-state index in [-0.39, 0.29) is 18.3 Å². The molecule has 4 heteroatoms. The zero-order valence-corrected chi connectivity index (χ0v) is 12.9. The molecule has 0 aromatic rings. The number of carbonyl (C=O) groups excluding carboxylic acids is 1. The molecule has 18 heavy (non-hydrogen) atoms. The van der Waals surface area contributed by atoms with Gasteiger partial charge in [-0.25, -0.2) is 0 Å². The Morgan fingerprint density at radius 3 is 2.50 bits per heavy atom. The first-order valence-electron chi connectivity index (χ1n) is 7.08. The van der Waals surface area contributed by atoms with Crippen molar-refractivity contribution in [2.45, 2.75) is 45.4 Å². The molecule has 1 amide bonds. The molecule has 0 aromatic heterocycles. The third-order valence-electron chi connectivity index (χ3n) is 4.01. The maximum absolute atomic E-state index is 12.3. The number of likely N-dealkylation sites (N-methyl/N-ethyl adjacent to an activating group) is 2. The van der Waals surface area contributed by atoms with E-state index < -0.39 is 0 Å². The van der Waals surface area contributed by atoms with Gasteiger partial charge in [0.25, 0.3) is 0 Å². The smallest absolute Gasteiger partial charge is 0.225 e. The maximum atomic E-state index is 12.3. The lowest BCUT2D eigenvalue weighted by atomic mass is 9.90. The normalized spacial score (nSPS) is 17.3. The second-order valence-corrected chi connectivity index (χ2v) is 5.35. The molecular weight excluding hydrogens is 248 g/mol. The molecule has 0 aromatic carbocycles. The summed E-state index contributed by atoms with van der Waals surface area (Å²) in [5.74, 6) is 1.40. The van der Waals surface area contributed by atoms with E-state index in [9.17, 15) is 4.79 Å². The van der Waals surface area contributed by atoms with Gasteiger partial charge in [-0.05, 0) is 25.8 Å². The van der Waals surface area contributed by atoms with Crippen molar-refractivity contribution in [2.24, 2.45) is 11.8 Å². The van der Waals surface area contributed by atoms with Crippen LogP contribution >= 0.6 is 12.4 Å². The van der Waals surface area contributed by atoms with Crippen LogP contribution in [-0.2, 0) is 4.79 Å². The van der Waals surface area contributed by atoms with Crippen LogP contribution in [0.1, 0.15) is 45.4 Å². The highest BCUT2D eigenvalue weighted by Gasteiger charge is 2.25. The Bertz CT molecular complexity index is 230. The van der Waals surface area contributed by atoms with Gasteiger partial charge in [-0.1, -0.05) is 32.6 Å². The molecule has 1 aliphatic rings. The topological polar surface area (TPSA) is 32.3 Å². The molecule has 0 spiro atoms. The number of nitrogens with one attached hydrogen (secondary N) is 1. The molecule has 1 N–H and O–H groups in total. The Morgan fingerprint density at radius 1 is 1.39 bits per heavy atom. The second kappa shape index (κ2) is 9.62. The van der Waals surface area contributed by atoms with Crippen molar-refractivity contribution in [1.82, 2.24) is 10.2 Å². The standard InChI is InChI=1S/C14H28N2O.ClH/c1-4-13(11-12-7-5-6-8-12)14(17)16(3)10-9-15-2;/h12-13,15H,4-11H2,1-3H3;1H. The van der Waals surface area contributed by atoms with Crippen LogP contribution in [0.25, 0.3) is 0 Å². The number of hydrogen-bond acceptors (Lipinski definition) is 2. The molecule has 0 saturated heterocycles. The van der Waals surface area contributed by atoms with Crippen molar-refractivity contribution in [1.29, 1.82) is 0 Å². The molecule has 0 heterocycles. The summed E-state index contributed by atoms with van der Waals surface area (Å²) in [6.07, 6.45) is 7.50. The van der Waals surface area contributed by atoms with Crippen LogP contribution < -0.4 is 5.32 Å². The van der Waals surface area contributed by atoms with Gasteiger partial charge in [-0.2, -0.15) is 0 Å². The summed E-state index contributed by atoms with van der Waals surface area (Å²) in [5, 5.41) is 3.09. The first kappa shape index (κ1) is 17.7. The van der Waals surface area contributed by atoms with E-state index in [1.54, 1.807) is 0 Å². The van der Waals surface area contributed by atoms with E-state index in [1.165, 1.54) is 25.7 Å². The average Bonchev–Trinajstić information content (AvgIpc) is 2.84. The summed E-state index contributed by atoms with van der Waals surface area (Å²) in [5.41, 5.74) is 0. The minimum Gasteiger partial charge on any atom is -0.344 e. The number of halogens is 1. The number of hydrogen-bond donors (Lipinski definition) is 1. The van der Waals surface area contributed by atoms with Crippen molar-refractivity contribution >= 4 is 18.3 Å². The van der Waals surface area contributed by atoms with Crippen LogP contribution in [0, 0.1) is 11.8 Å². The van der Waals surface area contributed by atoms with Gasteiger partial charge in [-0.3, -0.25) is 4.79 Å². The quantitative estimate of drug-likeness (QED) is 0.775. The zero-order chi connectivity index (χ0) is 12.7. The molecule has 0 radical (unpaired) electrons. The van der Waals surface area contributed by atoms with E-state index in [0.29, 0.717) is 5.91 Å². The monoisotopic (exact) mass is 276 g/mol. The second-order valence-electron chi connectivity index (χ2n) is 5.35. The van der Waals surface area contributed by atoms with Gasteiger partial charge in [0, 0.05) is 26.1 Å². The minimum atomic E-state index is 0. The molecule has 0 bridgehead atoms. The minimum absolute atomic E-state index is 0. The fourth-order valence-electron chi connectivity index (χ4n) is 2.79. The van der Waals surface area contributed by atoms with E-state index in [2.05, 4.69) is 12.2 Å². The Morgan fingerprint density at radius 2 is 2.00 bits per heavy atom. The first-order valence-corrected chi connectivity index (χ1v) is 7.08. The van der Waals surface area contributed by atoms with Crippen molar-refractivity contribution in [3.05, 3.63) is 0 Å². The average molecular weight is 277 g/mol. The molecule has 1 saturated carbocycles. The van der Waals surface area contributed by atoms with Gasteiger partial charge in [0.1, 0.15) is 0 Å². The van der Waals surface area contributed by atoms with Gasteiger partial charge >= 0.3 is 0 Å². The van der Waals surface area contributed by atoms with Gasteiger partial charge in [0.15, 0.2) is 0 Å². The third-order valence-corrected chi connectivity index (χ3v) is 4.01. The van der Waals surface area contributed by atoms with Crippen molar-refractivity contribution in [3.63, 3.8) is 0 Å². The SMILES string of the molecule is CCC(CC1CCCC1)C(=O)N(C)CCNC.Cl. The Balaban J connectivity index is 0.00000289. The predicted octanol–water partition coefficient (Wildman–Crippen LogP) is 2.69. The molecule has 0 aliphatic heterocycles. The maximum Gasteiger partial charge on any atom is 0.225 e. The van der Waals surface area contributed by atoms with Crippen molar-refractivity contribution in [3.8, 4) is 0 Å². The lowest BCUT2D eigenvalue weighted by Gasteiger charge is -2.24. The van der Waals surface area contributed by atoms with Crippen LogP contribution in [0.5, 0.6) is 0 Å². The summed E-state index contributed by atoms with van der Waals surface area (Å²) in [6.45, 7) is 3.84. The van der Waals surface area contributed by atoms with Crippen LogP contribution in [0.3, 0.4) is 0 Å². The summed E-state index contributed by atoms with van der Waals surface area (Å²) in [7, 11) is 3.85. The fraction of sp³-hybridized carbons (Fsp3) is 0.929. The summed E-state index contributed by atoms with van der Waals surface area (Å²) in [4.78, 5) is 14.2. The van der Waals surface area contributed by atoms with Crippen molar-refractivity contribution < 1.29 is 4.79 Å². The third kappa shape index (κ3) is 5.57. The largest absolute Gasteiger partial charge is 0.344 e. The lowest BCUT2D eigenvalue weighted by molar-refractivity contribution is -0.134. The number of carbonyl (C=O) groups is 1. The highest BCUT2D eigenvalue weighted by Crippen LogP contribution is 2.31. The Kier molecular flexibility index (Phi) is 9.47. The summed E-state index contributed by atoms with van der Waals surface area (Å²) < 4.78 is 0. The van der Waals surface area contributed by atoms with E-state index in [1.807, 2.05) is 19.0 Å². The van der Waals surface area contributed by atoms with Crippen LogP contribution in [0.2, 0.25) is 0 Å². The van der Waals surface area contributed by atoms with Crippen molar-refractivity contribution in [2.75, 3.05) is 27.2 Å². The predicted molar refractivity (Wildman–Crippen MR) is 79.2 cm³/mol. The van der Waals surface area contributed by atoms with Crippen LogP contribution in [-0.4, -0.2) is 38.0 Å². The highest BCUT2D eigenvalue weighted by molar-refractivity contribution is 5.85. The molecule has 108 valence electrons. The summed E-state index contributed by atoms with van der Waals surface area (Å²) in [6, 6.07) is 0. The molecule has 1 fully saturated rings. The van der Waals surface area contributed by atoms with Gasteiger partial charge in [-0.15, -0.1) is 12.4 Å². The fourth-order valence-corrected chi connectivity index (χ4v) is 2.79. The Labute approximate surface area is 118 Å². The van der Waals surface area contributed by atoms with Crippen LogP contribution in [0.4, 0.5) is 0 Å². The molecule has 1 atom stereocenters. The molecular formula is C14H29ClN2O. The lowest BCUT2D eigenvalue weighted by Crippen LogP contribution is -2.37.